The van der Waals surface area contributed by atoms with Crippen molar-refractivity contribution >= 4 is 11.7 Å². The highest BCUT2D eigenvalue weighted by Crippen LogP contribution is 2.09. The molecule has 1 aromatic rings. The number of hydrogen-bond acceptors (Lipinski definition) is 2. The molecule has 0 unspecified atom stereocenters. The number of aryl methyl sites for hydroxylation is 1. The minimum atomic E-state index is -0.847. The van der Waals surface area contributed by atoms with E-state index in [-0.39, 0.29) is 0 Å². The predicted octanol–water partition coefficient (Wildman–Crippen LogP) is 1.88. The van der Waals surface area contributed by atoms with Crippen molar-refractivity contribution in [3.05, 3.63) is 29.8 Å². The molecule has 0 saturated heterocycles. The molecule has 3 heteroatoms. The van der Waals surface area contributed by atoms with Gasteiger partial charge in [-0.15, -0.1) is 0 Å². The maximum atomic E-state index is 10.5. The van der Waals surface area contributed by atoms with Crippen LogP contribution in [0.5, 0.6) is 0 Å². The van der Waals surface area contributed by atoms with Crippen molar-refractivity contribution < 1.29 is 9.90 Å². The molecule has 70 valence electrons. The zero-order chi connectivity index (χ0) is 9.84. The Morgan fingerprint density at radius 3 is 2.38 bits per heavy atom. The fraction of sp³-hybridized carbons (Fsp3) is 0.300. The van der Waals surface area contributed by atoms with Gasteiger partial charge in [-0.2, -0.15) is 0 Å². The van der Waals surface area contributed by atoms with E-state index in [9.17, 15) is 4.79 Å². The molecule has 0 aliphatic heterocycles. The molecular formula is C10H13NO2. The van der Waals surface area contributed by atoms with Gasteiger partial charge in [-0.25, -0.2) is 0 Å². The van der Waals surface area contributed by atoms with Crippen LogP contribution in [-0.4, -0.2) is 17.1 Å². The van der Waals surface area contributed by atoms with E-state index in [1.807, 2.05) is 31.2 Å². The Morgan fingerprint density at radius 2 is 1.92 bits per heavy atom. The summed E-state index contributed by atoms with van der Waals surface area (Å²) in [4.78, 5) is 10.5. The largest absolute Gasteiger partial charge is 0.480 e. The number of anilines is 1. The molecule has 0 amide bonds. The van der Waals surface area contributed by atoms with E-state index in [2.05, 4.69) is 5.32 Å². The van der Waals surface area contributed by atoms with E-state index in [1.165, 1.54) is 0 Å². The Balaban J connectivity index is 2.64. The van der Waals surface area contributed by atoms with E-state index < -0.39 is 12.0 Å². The summed E-state index contributed by atoms with van der Waals surface area (Å²) in [6.07, 6.45) is 0. The SMILES string of the molecule is Cc1ccc(N[C@H](C)C(=O)O)cc1. The molecule has 3 nitrogen and oxygen atoms in total. The molecule has 13 heavy (non-hydrogen) atoms. The maximum Gasteiger partial charge on any atom is 0.325 e. The number of benzene rings is 1. The number of hydrogen-bond donors (Lipinski definition) is 2. The fourth-order valence-electron chi connectivity index (χ4n) is 0.962. The zero-order valence-corrected chi connectivity index (χ0v) is 7.74. The van der Waals surface area contributed by atoms with E-state index in [1.54, 1.807) is 6.92 Å². The highest BCUT2D eigenvalue weighted by molar-refractivity contribution is 5.76. The van der Waals surface area contributed by atoms with Gasteiger partial charge >= 0.3 is 5.97 Å². The van der Waals surface area contributed by atoms with Crippen molar-refractivity contribution in [2.75, 3.05) is 5.32 Å². The number of carboxylic acids is 1. The summed E-state index contributed by atoms with van der Waals surface area (Å²) in [6.45, 7) is 3.60. The highest BCUT2D eigenvalue weighted by atomic mass is 16.4. The quantitative estimate of drug-likeness (QED) is 0.744. The molecule has 0 heterocycles. The van der Waals surface area contributed by atoms with Gasteiger partial charge in [0.05, 0.1) is 0 Å². The molecule has 0 bridgehead atoms. The van der Waals surface area contributed by atoms with E-state index >= 15 is 0 Å². The van der Waals surface area contributed by atoms with Crippen LogP contribution < -0.4 is 5.32 Å². The summed E-state index contributed by atoms with van der Waals surface area (Å²) in [5.74, 6) is -0.847. The molecule has 0 spiro atoms. The van der Waals surface area contributed by atoms with Crippen LogP contribution in [-0.2, 0) is 4.79 Å². The van der Waals surface area contributed by atoms with Crippen molar-refractivity contribution in [3.8, 4) is 0 Å². The molecule has 0 aromatic heterocycles. The van der Waals surface area contributed by atoms with Crippen molar-refractivity contribution in [1.29, 1.82) is 0 Å². The third-order valence-electron chi connectivity index (χ3n) is 1.81. The fourth-order valence-corrected chi connectivity index (χ4v) is 0.962. The Hall–Kier alpha value is -1.51. The van der Waals surface area contributed by atoms with Gasteiger partial charge in [0.25, 0.3) is 0 Å². The Bertz CT molecular complexity index is 292. The monoisotopic (exact) mass is 179 g/mol. The molecular weight excluding hydrogens is 166 g/mol. The molecule has 0 aliphatic rings. The van der Waals surface area contributed by atoms with Gasteiger partial charge in [0.2, 0.25) is 0 Å². The molecule has 0 fully saturated rings. The first-order valence-corrected chi connectivity index (χ1v) is 4.15. The second-order valence-electron chi connectivity index (χ2n) is 3.07. The molecule has 1 rings (SSSR count). The number of rotatable bonds is 3. The predicted molar refractivity (Wildman–Crippen MR) is 51.9 cm³/mol. The number of carboxylic acid groups (broad SMARTS) is 1. The second-order valence-corrected chi connectivity index (χ2v) is 3.07. The van der Waals surface area contributed by atoms with E-state index in [4.69, 9.17) is 5.11 Å². The lowest BCUT2D eigenvalue weighted by Gasteiger charge is -2.10. The topological polar surface area (TPSA) is 49.3 Å². The van der Waals surface area contributed by atoms with E-state index in [0.29, 0.717) is 0 Å². The minimum Gasteiger partial charge on any atom is -0.480 e. The lowest BCUT2D eigenvalue weighted by atomic mass is 10.2. The molecule has 1 aromatic carbocycles. The second kappa shape index (κ2) is 3.94. The Kier molecular flexibility index (Phi) is 2.90. The summed E-state index contributed by atoms with van der Waals surface area (Å²) in [6, 6.07) is 7.07. The van der Waals surface area contributed by atoms with Gasteiger partial charge in [-0.1, -0.05) is 17.7 Å². The van der Waals surface area contributed by atoms with Crippen LogP contribution in [0.25, 0.3) is 0 Å². The zero-order valence-electron chi connectivity index (χ0n) is 7.74. The third kappa shape index (κ3) is 2.78. The third-order valence-corrected chi connectivity index (χ3v) is 1.81. The molecule has 2 N–H and O–H groups in total. The van der Waals surface area contributed by atoms with Gasteiger partial charge in [0.1, 0.15) is 6.04 Å². The maximum absolute atomic E-state index is 10.5. The highest BCUT2D eigenvalue weighted by Gasteiger charge is 2.08. The minimum absolute atomic E-state index is 0.553. The summed E-state index contributed by atoms with van der Waals surface area (Å²) in [7, 11) is 0. The number of aliphatic carboxylic acids is 1. The van der Waals surface area contributed by atoms with E-state index in [0.717, 1.165) is 11.3 Å². The number of carbonyl (C=O) groups is 1. The lowest BCUT2D eigenvalue weighted by Crippen LogP contribution is -2.25. The Labute approximate surface area is 77.4 Å². The molecule has 1 atom stereocenters. The van der Waals surface area contributed by atoms with Gasteiger partial charge in [0, 0.05) is 5.69 Å². The first-order chi connectivity index (χ1) is 6.09. The van der Waals surface area contributed by atoms with Crippen molar-refractivity contribution in [2.24, 2.45) is 0 Å². The van der Waals surface area contributed by atoms with Crippen molar-refractivity contribution in [2.45, 2.75) is 19.9 Å². The van der Waals surface area contributed by atoms with Crippen LogP contribution >= 0.6 is 0 Å². The normalized spacial score (nSPS) is 12.2. The van der Waals surface area contributed by atoms with Crippen LogP contribution in [0.3, 0.4) is 0 Å². The van der Waals surface area contributed by atoms with Gasteiger partial charge in [-0.05, 0) is 26.0 Å². The standard InChI is InChI=1S/C10H13NO2/c1-7-3-5-9(6-4-7)11-8(2)10(12)13/h3-6,8,11H,1-2H3,(H,12,13)/t8-/m1/s1. The van der Waals surface area contributed by atoms with Crippen LogP contribution in [0.1, 0.15) is 12.5 Å². The van der Waals surface area contributed by atoms with Gasteiger partial charge < -0.3 is 10.4 Å². The Morgan fingerprint density at radius 1 is 1.38 bits per heavy atom. The first-order valence-electron chi connectivity index (χ1n) is 4.15. The van der Waals surface area contributed by atoms with Crippen molar-refractivity contribution in [1.82, 2.24) is 0 Å². The summed E-state index contributed by atoms with van der Waals surface area (Å²) >= 11 is 0. The van der Waals surface area contributed by atoms with Gasteiger partial charge in [-0.3, -0.25) is 4.79 Å². The smallest absolute Gasteiger partial charge is 0.325 e. The molecule has 0 aliphatic carbocycles. The average Bonchev–Trinajstić information content (AvgIpc) is 2.08. The molecule has 0 radical (unpaired) electrons. The summed E-state index contributed by atoms with van der Waals surface area (Å²) in [5, 5.41) is 11.5. The molecule has 0 saturated carbocycles. The first kappa shape index (κ1) is 9.58. The average molecular weight is 179 g/mol. The lowest BCUT2D eigenvalue weighted by molar-refractivity contribution is -0.137. The summed E-state index contributed by atoms with van der Waals surface area (Å²) in [5.41, 5.74) is 1.99. The van der Waals surface area contributed by atoms with Crippen LogP contribution in [0.2, 0.25) is 0 Å². The van der Waals surface area contributed by atoms with Crippen molar-refractivity contribution in [3.63, 3.8) is 0 Å². The van der Waals surface area contributed by atoms with Crippen LogP contribution in [0.4, 0.5) is 5.69 Å². The number of nitrogens with one attached hydrogen (secondary N) is 1. The van der Waals surface area contributed by atoms with Crippen LogP contribution in [0, 0.1) is 6.92 Å². The van der Waals surface area contributed by atoms with Gasteiger partial charge in [0.15, 0.2) is 0 Å². The van der Waals surface area contributed by atoms with Crippen LogP contribution in [0.15, 0.2) is 24.3 Å². The summed E-state index contributed by atoms with van der Waals surface area (Å²) < 4.78 is 0.